The molecule has 5 rings (SSSR count). The van der Waals surface area contributed by atoms with Crippen LogP contribution in [0.4, 0.5) is 0 Å². The number of aliphatic hydroxyl groups is 1. The van der Waals surface area contributed by atoms with Crippen molar-refractivity contribution in [1.29, 1.82) is 0 Å². The Balaban J connectivity index is 1.28. The van der Waals surface area contributed by atoms with Crippen molar-refractivity contribution < 1.29 is 29.0 Å². The van der Waals surface area contributed by atoms with Crippen molar-refractivity contribution in [3.8, 4) is 5.75 Å². The number of carbonyl (C=O) groups is 3. The fraction of sp³-hybridized carbons (Fsp3) is 0.690. The van der Waals surface area contributed by atoms with Crippen LogP contribution >= 0.6 is 0 Å². The quantitative estimate of drug-likeness (QED) is 0.582. The molecule has 3 aliphatic heterocycles. The maximum absolute atomic E-state index is 13.5. The number of benzene rings is 1. The summed E-state index contributed by atoms with van der Waals surface area (Å²) in [7, 11) is 0. The maximum atomic E-state index is 13.5. The number of fused-ring (bicyclic) bond motifs is 4. The minimum atomic E-state index is -0.374. The Morgan fingerprint density at radius 1 is 0.949 bits per heavy atom. The zero-order valence-electron chi connectivity index (χ0n) is 22.8. The van der Waals surface area contributed by atoms with Crippen LogP contribution in [0, 0.1) is 11.8 Å². The average Bonchev–Trinajstić information content (AvgIpc) is 3.41. The van der Waals surface area contributed by atoms with Gasteiger partial charge in [-0.2, -0.15) is 0 Å². The monoisotopic (exact) mass is 542 g/mol. The Morgan fingerprint density at radius 3 is 2.51 bits per heavy atom. The van der Waals surface area contributed by atoms with Gasteiger partial charge in [0.25, 0.3) is 0 Å². The molecule has 3 heterocycles. The molecule has 0 aromatic heterocycles. The number of rotatable bonds is 3. The molecule has 2 N–H and O–H groups in total. The van der Waals surface area contributed by atoms with E-state index in [1.165, 1.54) is 0 Å². The molecule has 4 aliphatic rings. The molecule has 2 bridgehead atoms. The predicted molar refractivity (Wildman–Crippen MR) is 144 cm³/mol. The first-order valence-electron chi connectivity index (χ1n) is 14.5. The SMILES string of the molecule is O=C1NCCN(C(=O)C2CCC(O)CC2)CCCOc2cccc(c2)[C@H]2CN(C(=O)CN3CCOCC3)C[C@H]12. The molecule has 39 heavy (non-hydrogen) atoms. The first-order chi connectivity index (χ1) is 19.0. The molecule has 10 heteroatoms. The topological polar surface area (TPSA) is 112 Å². The standard InChI is InChI=1S/C29H42N4O6/c34-23-7-5-21(6-8-23)29(37)32-10-2-14-39-24-4-1-3-22(17-24)25-18-33(19-26(25)28(36)30-9-11-32)27(35)20-31-12-15-38-16-13-31/h1,3-4,17,21,23,25-26,34H,2,5-16,18-20H2,(H,30,36)/t21?,23?,25-,26+/m1/s1. The van der Waals surface area contributed by atoms with Gasteiger partial charge in [-0.05, 0) is 49.8 Å². The third-order valence-electron chi connectivity index (χ3n) is 8.64. The lowest BCUT2D eigenvalue weighted by molar-refractivity contribution is -0.138. The van der Waals surface area contributed by atoms with E-state index in [0.717, 1.165) is 24.4 Å². The minimum Gasteiger partial charge on any atom is -0.494 e. The number of likely N-dealkylation sites (tertiary alicyclic amines) is 1. The van der Waals surface area contributed by atoms with Gasteiger partial charge in [-0.15, -0.1) is 0 Å². The summed E-state index contributed by atoms with van der Waals surface area (Å²) in [6.07, 6.45) is 3.09. The lowest BCUT2D eigenvalue weighted by atomic mass is 9.86. The molecule has 2 saturated heterocycles. The molecule has 1 aromatic rings. The number of amides is 3. The van der Waals surface area contributed by atoms with E-state index in [0.29, 0.717) is 91.2 Å². The normalized spacial score (nSPS) is 29.1. The van der Waals surface area contributed by atoms with Crippen molar-refractivity contribution in [2.24, 2.45) is 11.8 Å². The molecule has 3 amide bonds. The largest absolute Gasteiger partial charge is 0.494 e. The number of aliphatic hydroxyl groups excluding tert-OH is 1. The van der Waals surface area contributed by atoms with Crippen molar-refractivity contribution in [3.63, 3.8) is 0 Å². The highest BCUT2D eigenvalue weighted by Crippen LogP contribution is 2.35. The molecule has 1 aliphatic carbocycles. The Hall–Kier alpha value is -2.69. The van der Waals surface area contributed by atoms with E-state index in [9.17, 15) is 19.5 Å². The molecular formula is C29H42N4O6. The van der Waals surface area contributed by atoms with E-state index >= 15 is 0 Å². The molecular weight excluding hydrogens is 500 g/mol. The van der Waals surface area contributed by atoms with Crippen LogP contribution in [0.25, 0.3) is 0 Å². The van der Waals surface area contributed by atoms with Gasteiger partial charge >= 0.3 is 0 Å². The Labute approximate surface area is 230 Å². The van der Waals surface area contributed by atoms with Gasteiger partial charge in [0.15, 0.2) is 0 Å². The van der Waals surface area contributed by atoms with Gasteiger partial charge in [0.2, 0.25) is 17.7 Å². The molecule has 214 valence electrons. The Kier molecular flexibility index (Phi) is 9.36. The third kappa shape index (κ3) is 7.10. The second-order valence-electron chi connectivity index (χ2n) is 11.3. The molecule has 1 aromatic carbocycles. The van der Waals surface area contributed by atoms with Crippen molar-refractivity contribution in [3.05, 3.63) is 29.8 Å². The summed E-state index contributed by atoms with van der Waals surface area (Å²) < 4.78 is 11.5. The Bertz CT molecular complexity index is 1010. The lowest BCUT2D eigenvalue weighted by Gasteiger charge is -2.31. The molecule has 1 saturated carbocycles. The summed E-state index contributed by atoms with van der Waals surface area (Å²) >= 11 is 0. The number of hydrogen-bond acceptors (Lipinski definition) is 7. The maximum Gasteiger partial charge on any atom is 0.236 e. The average molecular weight is 543 g/mol. The second-order valence-corrected chi connectivity index (χ2v) is 11.3. The summed E-state index contributed by atoms with van der Waals surface area (Å²) in [5.74, 6) is 0.211. The number of morpholine rings is 1. The van der Waals surface area contributed by atoms with E-state index in [1.807, 2.05) is 34.1 Å². The van der Waals surface area contributed by atoms with Crippen LogP contribution < -0.4 is 10.1 Å². The zero-order valence-corrected chi connectivity index (χ0v) is 22.8. The van der Waals surface area contributed by atoms with Crippen LogP contribution in [-0.4, -0.2) is 116 Å². The first-order valence-corrected chi connectivity index (χ1v) is 14.5. The predicted octanol–water partition coefficient (Wildman–Crippen LogP) is 0.839. The van der Waals surface area contributed by atoms with Crippen LogP contribution in [0.3, 0.4) is 0 Å². The van der Waals surface area contributed by atoms with Crippen molar-refractivity contribution in [2.45, 2.75) is 44.1 Å². The summed E-state index contributed by atoms with van der Waals surface area (Å²) in [6.45, 7) is 5.80. The smallest absolute Gasteiger partial charge is 0.236 e. The molecule has 2 atom stereocenters. The van der Waals surface area contributed by atoms with Crippen LogP contribution in [0.2, 0.25) is 0 Å². The van der Waals surface area contributed by atoms with Crippen molar-refractivity contribution in [1.82, 2.24) is 20.0 Å². The van der Waals surface area contributed by atoms with E-state index in [1.54, 1.807) is 0 Å². The first kappa shape index (κ1) is 27.9. The lowest BCUT2D eigenvalue weighted by Crippen LogP contribution is -2.45. The number of nitrogens with zero attached hydrogens (tertiary/aromatic N) is 3. The highest BCUT2D eigenvalue weighted by Gasteiger charge is 2.41. The molecule has 0 radical (unpaired) electrons. The van der Waals surface area contributed by atoms with Crippen LogP contribution in [-0.2, 0) is 19.1 Å². The van der Waals surface area contributed by atoms with Gasteiger partial charge in [0.05, 0.1) is 38.4 Å². The van der Waals surface area contributed by atoms with E-state index in [2.05, 4.69) is 10.2 Å². The fourth-order valence-corrected chi connectivity index (χ4v) is 6.30. The fourth-order valence-electron chi connectivity index (χ4n) is 6.30. The number of hydrogen-bond donors (Lipinski definition) is 2. The molecule has 0 spiro atoms. The summed E-state index contributed by atoms with van der Waals surface area (Å²) in [4.78, 5) is 45.8. The van der Waals surface area contributed by atoms with Crippen molar-refractivity contribution in [2.75, 3.05) is 72.2 Å². The second kappa shape index (κ2) is 13.1. The minimum absolute atomic E-state index is 0.0388. The van der Waals surface area contributed by atoms with Gasteiger partial charge in [-0.1, -0.05) is 12.1 Å². The summed E-state index contributed by atoms with van der Waals surface area (Å²) in [5.41, 5.74) is 1.00. The van der Waals surface area contributed by atoms with Crippen LogP contribution in [0.1, 0.15) is 43.6 Å². The molecule has 3 fully saturated rings. The zero-order chi connectivity index (χ0) is 27.2. The van der Waals surface area contributed by atoms with E-state index < -0.39 is 0 Å². The molecule has 0 unspecified atom stereocenters. The van der Waals surface area contributed by atoms with Crippen LogP contribution in [0.5, 0.6) is 5.75 Å². The van der Waals surface area contributed by atoms with Gasteiger partial charge in [0, 0.05) is 57.6 Å². The van der Waals surface area contributed by atoms with Gasteiger partial charge < -0.3 is 29.7 Å². The Morgan fingerprint density at radius 2 is 1.72 bits per heavy atom. The highest BCUT2D eigenvalue weighted by atomic mass is 16.5. The van der Waals surface area contributed by atoms with Crippen molar-refractivity contribution >= 4 is 17.7 Å². The van der Waals surface area contributed by atoms with Crippen LogP contribution in [0.15, 0.2) is 24.3 Å². The van der Waals surface area contributed by atoms with E-state index in [-0.39, 0.29) is 41.6 Å². The molecule has 10 nitrogen and oxygen atoms in total. The van der Waals surface area contributed by atoms with E-state index in [4.69, 9.17) is 9.47 Å². The summed E-state index contributed by atoms with van der Waals surface area (Å²) in [5, 5.41) is 12.9. The number of nitrogens with one attached hydrogen (secondary N) is 1. The van der Waals surface area contributed by atoms with Gasteiger partial charge in [0.1, 0.15) is 5.75 Å². The third-order valence-corrected chi connectivity index (χ3v) is 8.64. The van der Waals surface area contributed by atoms with Gasteiger partial charge in [-0.25, -0.2) is 0 Å². The number of ether oxygens (including phenoxy) is 2. The van der Waals surface area contributed by atoms with Gasteiger partial charge in [-0.3, -0.25) is 19.3 Å². The summed E-state index contributed by atoms with van der Waals surface area (Å²) in [6, 6.07) is 7.86. The number of carbonyl (C=O) groups excluding carboxylic acids is 3. The highest BCUT2D eigenvalue weighted by molar-refractivity contribution is 5.84.